The molecule has 0 aliphatic carbocycles. The van der Waals surface area contributed by atoms with E-state index in [4.69, 9.17) is 9.47 Å². The molecule has 3 aromatic rings. The van der Waals surface area contributed by atoms with Crippen molar-refractivity contribution in [3.05, 3.63) is 93.5 Å². The Kier molecular flexibility index (Phi) is 7.12. The van der Waals surface area contributed by atoms with Gasteiger partial charge in [-0.05, 0) is 53.9 Å². The van der Waals surface area contributed by atoms with Crippen molar-refractivity contribution in [2.75, 3.05) is 20.8 Å². The summed E-state index contributed by atoms with van der Waals surface area (Å²) in [6.07, 6.45) is 0.432. The van der Waals surface area contributed by atoms with Crippen molar-refractivity contribution in [1.82, 2.24) is 4.90 Å². The van der Waals surface area contributed by atoms with Crippen molar-refractivity contribution >= 4 is 33.4 Å². The van der Waals surface area contributed by atoms with Gasteiger partial charge in [0.05, 0.1) is 25.8 Å². The number of hydrogen-bond acceptors (Lipinski definition) is 6. The Bertz CT molecular complexity index is 1300. The molecular weight excluding hydrogens is 514 g/mol. The number of rotatable bonds is 7. The van der Waals surface area contributed by atoms with E-state index in [1.54, 1.807) is 56.7 Å². The fourth-order valence-corrected chi connectivity index (χ4v) is 4.47. The van der Waals surface area contributed by atoms with Crippen LogP contribution in [0, 0.1) is 0 Å². The maximum Gasteiger partial charge on any atom is 0.295 e. The molecule has 0 aromatic heterocycles. The average molecular weight is 538 g/mol. The Balaban J connectivity index is 1.74. The lowest BCUT2D eigenvalue weighted by Gasteiger charge is -2.25. The van der Waals surface area contributed by atoms with Gasteiger partial charge < -0.3 is 24.6 Å². The number of hydrogen-bond donors (Lipinski definition) is 2. The van der Waals surface area contributed by atoms with E-state index in [0.29, 0.717) is 29.0 Å². The molecular formula is C27H24BrNO6. The van der Waals surface area contributed by atoms with E-state index in [-0.39, 0.29) is 23.6 Å². The lowest BCUT2D eigenvalue weighted by atomic mass is 9.95. The van der Waals surface area contributed by atoms with Gasteiger partial charge in [-0.1, -0.05) is 46.3 Å². The van der Waals surface area contributed by atoms with Crippen LogP contribution in [-0.4, -0.2) is 47.6 Å². The molecule has 0 saturated carbocycles. The van der Waals surface area contributed by atoms with Crippen LogP contribution in [-0.2, 0) is 16.0 Å². The molecule has 7 nitrogen and oxygen atoms in total. The minimum absolute atomic E-state index is 0.00313. The number of ether oxygens (including phenoxy) is 2. The number of phenolic OH excluding ortho intramolecular Hbond substituents is 1. The van der Waals surface area contributed by atoms with E-state index < -0.39 is 17.7 Å². The number of aliphatic hydroxyl groups excluding tert-OH is 1. The van der Waals surface area contributed by atoms with Crippen LogP contribution in [0.5, 0.6) is 17.2 Å². The van der Waals surface area contributed by atoms with Crippen molar-refractivity contribution in [2.45, 2.75) is 12.5 Å². The predicted molar refractivity (Wildman–Crippen MR) is 135 cm³/mol. The zero-order valence-electron chi connectivity index (χ0n) is 19.2. The van der Waals surface area contributed by atoms with Crippen molar-refractivity contribution in [3.63, 3.8) is 0 Å². The molecule has 0 unspecified atom stereocenters. The minimum Gasteiger partial charge on any atom is -0.508 e. The third kappa shape index (κ3) is 4.88. The SMILES string of the molecule is COc1ccc(CCN2C(=O)C(=O)C(=C(O)c3ccc(Br)cc3)[C@@H]2c2cccc(O)c2)cc1OC. The number of halogens is 1. The summed E-state index contributed by atoms with van der Waals surface area (Å²) in [5.74, 6) is -0.601. The van der Waals surface area contributed by atoms with E-state index in [1.165, 1.54) is 17.0 Å². The summed E-state index contributed by atoms with van der Waals surface area (Å²) in [5.41, 5.74) is 1.80. The number of ketones is 1. The summed E-state index contributed by atoms with van der Waals surface area (Å²) in [5, 5.41) is 21.2. The number of likely N-dealkylation sites (tertiary alicyclic amines) is 1. The Hall–Kier alpha value is -3.78. The Morgan fingerprint density at radius 3 is 2.34 bits per heavy atom. The molecule has 1 aliphatic rings. The summed E-state index contributed by atoms with van der Waals surface area (Å²) < 4.78 is 11.5. The summed E-state index contributed by atoms with van der Waals surface area (Å²) in [7, 11) is 3.10. The first-order valence-electron chi connectivity index (χ1n) is 10.9. The third-order valence-electron chi connectivity index (χ3n) is 5.93. The van der Waals surface area contributed by atoms with Crippen LogP contribution in [0.4, 0.5) is 0 Å². The van der Waals surface area contributed by atoms with Crippen molar-refractivity contribution in [1.29, 1.82) is 0 Å². The number of aromatic hydroxyl groups is 1. The normalized spacial score (nSPS) is 17.0. The van der Waals surface area contributed by atoms with Gasteiger partial charge in [0.1, 0.15) is 11.5 Å². The molecule has 1 heterocycles. The number of aliphatic hydroxyl groups is 1. The molecule has 0 radical (unpaired) electrons. The van der Waals surface area contributed by atoms with Crippen LogP contribution < -0.4 is 9.47 Å². The van der Waals surface area contributed by atoms with Crippen LogP contribution in [0.25, 0.3) is 5.76 Å². The zero-order valence-corrected chi connectivity index (χ0v) is 20.8. The molecule has 180 valence electrons. The van der Waals surface area contributed by atoms with Gasteiger partial charge in [0, 0.05) is 16.6 Å². The number of Topliss-reactive ketones (excluding diaryl/α,β-unsaturated/α-hetero) is 1. The maximum absolute atomic E-state index is 13.1. The first-order chi connectivity index (χ1) is 16.8. The van der Waals surface area contributed by atoms with Crippen molar-refractivity contribution < 1.29 is 29.3 Å². The first kappa shape index (κ1) is 24.3. The molecule has 4 rings (SSSR count). The van der Waals surface area contributed by atoms with Gasteiger partial charge in [0.15, 0.2) is 11.5 Å². The monoisotopic (exact) mass is 537 g/mol. The second kappa shape index (κ2) is 10.2. The lowest BCUT2D eigenvalue weighted by Crippen LogP contribution is -2.31. The minimum atomic E-state index is -0.856. The van der Waals surface area contributed by atoms with Crippen molar-refractivity contribution in [3.8, 4) is 17.2 Å². The van der Waals surface area contributed by atoms with Gasteiger partial charge in [-0.3, -0.25) is 9.59 Å². The molecule has 1 fully saturated rings. The Morgan fingerprint density at radius 1 is 0.971 bits per heavy atom. The summed E-state index contributed by atoms with van der Waals surface area (Å²) in [4.78, 5) is 27.7. The largest absolute Gasteiger partial charge is 0.508 e. The lowest BCUT2D eigenvalue weighted by molar-refractivity contribution is -0.139. The van der Waals surface area contributed by atoms with Crippen LogP contribution >= 0.6 is 15.9 Å². The predicted octanol–water partition coefficient (Wildman–Crippen LogP) is 4.84. The van der Waals surface area contributed by atoms with Gasteiger partial charge in [-0.15, -0.1) is 0 Å². The van der Waals surface area contributed by atoms with Gasteiger partial charge in [-0.25, -0.2) is 0 Å². The topological polar surface area (TPSA) is 96.3 Å². The molecule has 0 bridgehead atoms. The number of amides is 1. The molecule has 1 saturated heterocycles. The van der Waals surface area contributed by atoms with Gasteiger partial charge in [0.2, 0.25) is 0 Å². The quantitative estimate of drug-likeness (QED) is 0.254. The van der Waals surface area contributed by atoms with Gasteiger partial charge >= 0.3 is 0 Å². The number of benzene rings is 3. The number of nitrogens with zero attached hydrogens (tertiary/aromatic N) is 1. The first-order valence-corrected chi connectivity index (χ1v) is 11.7. The summed E-state index contributed by atoms with van der Waals surface area (Å²) in [6, 6.07) is 17.8. The highest BCUT2D eigenvalue weighted by Crippen LogP contribution is 2.40. The van der Waals surface area contributed by atoms with E-state index in [9.17, 15) is 19.8 Å². The zero-order chi connectivity index (χ0) is 25.1. The van der Waals surface area contributed by atoms with E-state index in [1.807, 2.05) is 12.1 Å². The number of carbonyl (C=O) groups is 2. The standard InChI is InChI=1S/C27H24BrNO6/c1-34-21-11-6-16(14-22(21)35-2)12-13-29-24(18-4-3-5-20(30)15-18)23(26(32)27(29)33)25(31)17-7-9-19(28)10-8-17/h3-11,14-15,24,30-31H,12-13H2,1-2H3/t24-/m0/s1. The molecule has 2 N–H and O–H groups in total. The summed E-state index contributed by atoms with van der Waals surface area (Å²) in [6.45, 7) is 0.206. The highest BCUT2D eigenvalue weighted by molar-refractivity contribution is 9.10. The maximum atomic E-state index is 13.1. The number of carbonyl (C=O) groups excluding carboxylic acids is 2. The Labute approximate surface area is 211 Å². The molecule has 1 amide bonds. The van der Waals surface area contributed by atoms with Crippen LogP contribution in [0.2, 0.25) is 0 Å². The van der Waals surface area contributed by atoms with Crippen LogP contribution in [0.3, 0.4) is 0 Å². The highest BCUT2D eigenvalue weighted by atomic mass is 79.9. The van der Waals surface area contributed by atoms with Gasteiger partial charge in [-0.2, -0.15) is 0 Å². The van der Waals surface area contributed by atoms with Gasteiger partial charge in [0.25, 0.3) is 11.7 Å². The molecule has 3 aromatic carbocycles. The Morgan fingerprint density at radius 2 is 1.69 bits per heavy atom. The van der Waals surface area contributed by atoms with Crippen LogP contribution in [0.1, 0.15) is 22.7 Å². The van der Waals surface area contributed by atoms with E-state index in [2.05, 4.69) is 15.9 Å². The third-order valence-corrected chi connectivity index (χ3v) is 6.46. The number of phenols is 1. The van der Waals surface area contributed by atoms with Crippen molar-refractivity contribution in [2.24, 2.45) is 0 Å². The molecule has 8 heteroatoms. The van der Waals surface area contributed by atoms with E-state index >= 15 is 0 Å². The molecule has 1 aliphatic heterocycles. The van der Waals surface area contributed by atoms with Crippen LogP contribution in [0.15, 0.2) is 76.8 Å². The molecule has 0 spiro atoms. The van der Waals surface area contributed by atoms with E-state index in [0.717, 1.165) is 10.0 Å². The second-order valence-electron chi connectivity index (χ2n) is 8.03. The average Bonchev–Trinajstić information content (AvgIpc) is 3.12. The second-order valence-corrected chi connectivity index (χ2v) is 8.95. The summed E-state index contributed by atoms with van der Waals surface area (Å²) >= 11 is 3.36. The highest BCUT2D eigenvalue weighted by Gasteiger charge is 2.45. The number of methoxy groups -OCH3 is 2. The fraction of sp³-hybridized carbons (Fsp3) is 0.185. The fourth-order valence-electron chi connectivity index (χ4n) is 4.20. The smallest absolute Gasteiger partial charge is 0.295 e. The molecule has 35 heavy (non-hydrogen) atoms. The molecule has 1 atom stereocenters.